The Kier molecular flexibility index (Phi) is 5.45. The highest BCUT2D eigenvalue weighted by atomic mass is 32.2. The average molecular weight is 380 g/mol. The molecular formula is C19H20N6OS. The van der Waals surface area contributed by atoms with Crippen LogP contribution in [-0.2, 0) is 17.8 Å². The summed E-state index contributed by atoms with van der Waals surface area (Å²) in [6.45, 7) is 0.648. The third-order valence-corrected chi connectivity index (χ3v) is 5.28. The predicted molar refractivity (Wildman–Crippen MR) is 106 cm³/mol. The molecule has 1 unspecified atom stereocenters. The van der Waals surface area contributed by atoms with Crippen molar-refractivity contribution in [2.75, 3.05) is 16.9 Å². The molecule has 0 saturated carbocycles. The fraction of sp³-hybridized carbons (Fsp3) is 0.263. The minimum atomic E-state index is -0.105. The summed E-state index contributed by atoms with van der Waals surface area (Å²) in [5.74, 6) is 2.31. The lowest BCUT2D eigenvalue weighted by Gasteiger charge is -2.11. The van der Waals surface area contributed by atoms with Crippen molar-refractivity contribution < 1.29 is 4.79 Å². The van der Waals surface area contributed by atoms with Crippen LogP contribution < -0.4 is 10.6 Å². The van der Waals surface area contributed by atoms with Crippen LogP contribution in [0.25, 0.3) is 11.4 Å². The van der Waals surface area contributed by atoms with E-state index in [9.17, 15) is 4.79 Å². The Bertz CT molecular complexity index is 890. The lowest BCUT2D eigenvalue weighted by atomic mass is 10.1. The summed E-state index contributed by atoms with van der Waals surface area (Å²) >= 11 is 1.74. The van der Waals surface area contributed by atoms with Gasteiger partial charge >= 0.3 is 0 Å². The van der Waals surface area contributed by atoms with Gasteiger partial charge in [-0.25, -0.2) is 0 Å². The van der Waals surface area contributed by atoms with E-state index in [2.05, 4.69) is 26.0 Å². The minimum Gasteiger partial charge on any atom is -0.325 e. The van der Waals surface area contributed by atoms with Gasteiger partial charge < -0.3 is 5.32 Å². The van der Waals surface area contributed by atoms with Gasteiger partial charge in [0.05, 0.1) is 12.6 Å². The predicted octanol–water partition coefficient (Wildman–Crippen LogP) is 2.18. The fourth-order valence-electron chi connectivity index (χ4n) is 2.82. The van der Waals surface area contributed by atoms with Gasteiger partial charge in [-0.3, -0.25) is 10.1 Å². The molecule has 7 nitrogen and oxygen atoms in total. The Morgan fingerprint density at radius 1 is 1.19 bits per heavy atom. The first-order valence-electron chi connectivity index (χ1n) is 8.82. The van der Waals surface area contributed by atoms with Gasteiger partial charge in [-0.05, 0) is 29.3 Å². The van der Waals surface area contributed by atoms with Gasteiger partial charge in [0.15, 0.2) is 0 Å². The second-order valence-corrected chi connectivity index (χ2v) is 7.31. The van der Waals surface area contributed by atoms with Crippen LogP contribution in [-0.4, -0.2) is 43.8 Å². The van der Waals surface area contributed by atoms with Gasteiger partial charge in [0, 0.05) is 22.9 Å². The molecule has 1 aliphatic heterocycles. The number of anilines is 1. The topological polar surface area (TPSA) is 84.7 Å². The number of nitrogens with zero attached hydrogens (tertiary/aromatic N) is 4. The number of carbonyl (C=O) groups excluding carboxylic acids is 1. The Balaban J connectivity index is 1.31. The van der Waals surface area contributed by atoms with Crippen molar-refractivity contribution in [3.05, 3.63) is 60.2 Å². The number of hydrogen-bond donors (Lipinski definition) is 2. The molecule has 4 rings (SSSR count). The summed E-state index contributed by atoms with van der Waals surface area (Å²) in [5.41, 5.74) is 2.92. The molecule has 0 radical (unpaired) electrons. The average Bonchev–Trinajstić information content (AvgIpc) is 3.40. The second kappa shape index (κ2) is 8.32. The van der Waals surface area contributed by atoms with Gasteiger partial charge in [-0.15, -0.1) is 22.0 Å². The van der Waals surface area contributed by atoms with E-state index in [1.807, 2.05) is 54.6 Å². The molecule has 0 aliphatic carbocycles. The Hall–Kier alpha value is -2.71. The van der Waals surface area contributed by atoms with E-state index in [4.69, 9.17) is 0 Å². The van der Waals surface area contributed by atoms with Gasteiger partial charge in [0.2, 0.25) is 11.7 Å². The number of rotatable bonds is 6. The molecule has 0 bridgehead atoms. The smallest absolute Gasteiger partial charge is 0.242 e. The number of carbonyl (C=O) groups is 1. The van der Waals surface area contributed by atoms with Crippen LogP contribution in [0.1, 0.15) is 5.56 Å². The van der Waals surface area contributed by atoms with E-state index >= 15 is 0 Å². The van der Waals surface area contributed by atoms with Crippen molar-refractivity contribution in [2.24, 2.45) is 0 Å². The summed E-state index contributed by atoms with van der Waals surface area (Å²) in [7, 11) is 0. The molecule has 1 aliphatic rings. The van der Waals surface area contributed by atoms with Crippen molar-refractivity contribution in [1.29, 1.82) is 0 Å². The summed E-state index contributed by atoms with van der Waals surface area (Å²) in [6, 6.07) is 17.6. The van der Waals surface area contributed by atoms with Crippen molar-refractivity contribution in [3.8, 4) is 11.4 Å². The maximum Gasteiger partial charge on any atom is 0.242 e. The van der Waals surface area contributed by atoms with E-state index in [-0.39, 0.29) is 11.9 Å². The van der Waals surface area contributed by atoms with Crippen LogP contribution in [0.3, 0.4) is 0 Å². The molecule has 138 valence electrons. The summed E-state index contributed by atoms with van der Waals surface area (Å²) in [5, 5.41) is 18.8. The minimum absolute atomic E-state index is 0.0213. The van der Waals surface area contributed by atoms with Gasteiger partial charge in [0.25, 0.3) is 0 Å². The number of hydrogen-bond acceptors (Lipinski definition) is 6. The van der Waals surface area contributed by atoms with Gasteiger partial charge in [-0.1, -0.05) is 42.5 Å². The van der Waals surface area contributed by atoms with Crippen molar-refractivity contribution in [1.82, 2.24) is 25.5 Å². The first-order valence-corrected chi connectivity index (χ1v) is 9.97. The highest BCUT2D eigenvalue weighted by Crippen LogP contribution is 2.15. The van der Waals surface area contributed by atoms with Crippen LogP contribution in [0, 0.1) is 0 Å². The lowest BCUT2D eigenvalue weighted by molar-refractivity contribution is -0.117. The van der Waals surface area contributed by atoms with Crippen LogP contribution >= 0.6 is 11.8 Å². The van der Waals surface area contributed by atoms with Gasteiger partial charge in [-0.2, -0.15) is 4.80 Å². The maximum atomic E-state index is 12.1. The molecule has 8 heteroatoms. The zero-order chi connectivity index (χ0) is 18.5. The molecule has 1 atom stereocenters. The molecule has 2 heterocycles. The highest BCUT2D eigenvalue weighted by Gasteiger charge is 2.22. The van der Waals surface area contributed by atoms with E-state index in [1.54, 1.807) is 16.6 Å². The summed E-state index contributed by atoms with van der Waals surface area (Å²) in [6.07, 6.45) is 0.791. The lowest BCUT2D eigenvalue weighted by Crippen LogP contribution is -2.37. The first kappa shape index (κ1) is 17.7. The van der Waals surface area contributed by atoms with Crippen LogP contribution in [0.5, 0.6) is 0 Å². The number of nitrogens with one attached hydrogen (secondary N) is 2. The Labute approximate surface area is 161 Å². The molecule has 0 spiro atoms. The van der Waals surface area contributed by atoms with Crippen molar-refractivity contribution in [2.45, 2.75) is 19.0 Å². The number of tetrazole rings is 1. The van der Waals surface area contributed by atoms with E-state index < -0.39 is 0 Å². The zero-order valence-corrected chi connectivity index (χ0v) is 15.5. The monoisotopic (exact) mass is 380 g/mol. The SMILES string of the molecule is O=C(Nc1ccc(CCn2nnc(-c3ccccc3)n2)cc1)C1CSCN1. The standard InChI is InChI=1S/C19H20N6OS/c26-19(17-12-27-13-20-17)21-16-8-6-14(7-9-16)10-11-25-23-18(22-24-25)15-4-2-1-3-5-15/h1-9,17,20H,10-13H2,(H,21,26). The second-order valence-electron chi connectivity index (χ2n) is 6.28. The normalized spacial score (nSPS) is 16.4. The molecule has 27 heavy (non-hydrogen) atoms. The number of benzene rings is 2. The molecule has 3 aromatic rings. The maximum absolute atomic E-state index is 12.1. The number of thioether (sulfide) groups is 1. The molecule has 1 aromatic heterocycles. The molecule has 1 fully saturated rings. The van der Waals surface area contributed by atoms with E-state index in [0.29, 0.717) is 12.4 Å². The first-order chi connectivity index (χ1) is 13.3. The number of amides is 1. The Morgan fingerprint density at radius 3 is 2.74 bits per heavy atom. The largest absolute Gasteiger partial charge is 0.325 e. The van der Waals surface area contributed by atoms with E-state index in [1.165, 1.54) is 0 Å². The molecule has 1 saturated heterocycles. The van der Waals surface area contributed by atoms with Crippen LogP contribution in [0.2, 0.25) is 0 Å². The summed E-state index contributed by atoms with van der Waals surface area (Å²) < 4.78 is 0. The van der Waals surface area contributed by atoms with Crippen LogP contribution in [0.4, 0.5) is 5.69 Å². The Morgan fingerprint density at radius 2 is 2.00 bits per heavy atom. The van der Waals surface area contributed by atoms with Crippen LogP contribution in [0.15, 0.2) is 54.6 Å². The van der Waals surface area contributed by atoms with E-state index in [0.717, 1.165) is 34.9 Å². The molecule has 2 N–H and O–H groups in total. The number of aromatic nitrogens is 4. The molecular weight excluding hydrogens is 360 g/mol. The summed E-state index contributed by atoms with van der Waals surface area (Å²) in [4.78, 5) is 13.7. The number of aryl methyl sites for hydroxylation is 2. The van der Waals surface area contributed by atoms with Crippen molar-refractivity contribution in [3.63, 3.8) is 0 Å². The zero-order valence-electron chi connectivity index (χ0n) is 14.7. The molecule has 2 aromatic carbocycles. The fourth-order valence-corrected chi connectivity index (χ4v) is 3.76. The van der Waals surface area contributed by atoms with Gasteiger partial charge in [0.1, 0.15) is 0 Å². The van der Waals surface area contributed by atoms with Crippen molar-refractivity contribution >= 4 is 23.4 Å². The molecule has 1 amide bonds. The third kappa shape index (κ3) is 4.53. The quantitative estimate of drug-likeness (QED) is 0.682. The third-order valence-electron chi connectivity index (χ3n) is 4.34. The highest BCUT2D eigenvalue weighted by molar-refractivity contribution is 7.99.